The van der Waals surface area contributed by atoms with Gasteiger partial charge in [0.2, 0.25) is 0 Å². The Labute approximate surface area is 155 Å². The number of ether oxygens (including phenoxy) is 5. The highest BCUT2D eigenvalue weighted by molar-refractivity contribution is 6.76. The van der Waals surface area contributed by atoms with Gasteiger partial charge in [-0.3, -0.25) is 4.79 Å². The average Bonchev–Trinajstić information content (AvgIpc) is 3.00. The summed E-state index contributed by atoms with van der Waals surface area (Å²) in [5.74, 6) is -2.01. The molecule has 7 nitrogen and oxygen atoms in total. The molecular weight excluding hydrogens is 385 g/mol. The zero-order valence-electron chi connectivity index (χ0n) is 13.9. The lowest BCUT2D eigenvalue weighted by molar-refractivity contribution is -0.195. The van der Waals surface area contributed by atoms with E-state index in [0.717, 1.165) is 0 Å². The van der Waals surface area contributed by atoms with Crippen LogP contribution in [0.1, 0.15) is 27.7 Å². The maximum absolute atomic E-state index is 9.85. The monoisotopic (exact) mass is 405 g/mol. The highest BCUT2D eigenvalue weighted by Crippen LogP contribution is 2.39. The van der Waals surface area contributed by atoms with E-state index in [2.05, 4.69) is 5.73 Å². The van der Waals surface area contributed by atoms with Gasteiger partial charge >= 0.3 is 0 Å². The zero-order valence-corrected chi connectivity index (χ0v) is 16.2. The molecule has 0 spiro atoms. The molecule has 0 bridgehead atoms. The van der Waals surface area contributed by atoms with Crippen molar-refractivity contribution in [2.45, 2.75) is 67.5 Å². The van der Waals surface area contributed by atoms with Crippen LogP contribution in [0.15, 0.2) is 0 Å². The van der Waals surface area contributed by atoms with Crippen molar-refractivity contribution in [2.24, 2.45) is 5.73 Å². The number of primary amides is 1. The second-order valence-electron chi connectivity index (χ2n) is 6.67. The lowest BCUT2D eigenvalue weighted by atomic mass is 10.1. The first-order valence-corrected chi connectivity index (χ1v) is 8.60. The Balaban J connectivity index is 0.000000256. The molecular formula is C14H22Cl3NO6. The summed E-state index contributed by atoms with van der Waals surface area (Å²) in [6.07, 6.45) is -0.198. The summed E-state index contributed by atoms with van der Waals surface area (Å²) < 4.78 is 26.8. The largest absolute Gasteiger partial charge is 0.370 e. The predicted molar refractivity (Wildman–Crippen MR) is 88.0 cm³/mol. The number of nitrogens with two attached hydrogens (primary N) is 1. The standard InChI is InChI=1S/C12H20O5.C2H2Cl3NO/c1-11(2)14-6-8(15-11)9-10-7(5-13-9)16-12(3,4)17-10;3-2(4,5)1(6)7/h7-10H,5-6H2,1-4H3;(H2,6,7). The second-order valence-corrected chi connectivity index (χ2v) is 8.95. The molecule has 0 radical (unpaired) electrons. The van der Waals surface area contributed by atoms with Gasteiger partial charge in [-0.05, 0) is 27.7 Å². The Morgan fingerprint density at radius 2 is 1.46 bits per heavy atom. The van der Waals surface area contributed by atoms with Crippen molar-refractivity contribution < 1.29 is 28.5 Å². The van der Waals surface area contributed by atoms with Crippen molar-refractivity contribution in [3.8, 4) is 0 Å². The Morgan fingerprint density at radius 1 is 0.958 bits per heavy atom. The average molecular weight is 407 g/mol. The van der Waals surface area contributed by atoms with Crippen LogP contribution in [-0.4, -0.2) is 58.9 Å². The number of hydrogen-bond donors (Lipinski definition) is 1. The smallest absolute Gasteiger partial charge is 0.269 e. The number of halogens is 3. The highest BCUT2D eigenvalue weighted by Gasteiger charge is 2.54. The molecule has 0 aliphatic carbocycles. The van der Waals surface area contributed by atoms with E-state index in [1.165, 1.54) is 0 Å². The number of fused-ring (bicyclic) bond motifs is 1. The SMILES string of the molecule is CC1(C)OCC(C2OCC3OC(C)(C)OC32)O1.NC(=O)C(Cl)(Cl)Cl. The molecule has 4 atom stereocenters. The van der Waals surface area contributed by atoms with Crippen molar-refractivity contribution in [2.75, 3.05) is 13.2 Å². The highest BCUT2D eigenvalue weighted by atomic mass is 35.6. The lowest BCUT2D eigenvalue weighted by Gasteiger charge is -2.25. The topological polar surface area (TPSA) is 89.2 Å². The number of rotatable bonds is 1. The third kappa shape index (κ3) is 5.08. The molecule has 3 saturated heterocycles. The molecule has 2 N–H and O–H groups in total. The number of carbonyl (C=O) groups is 1. The van der Waals surface area contributed by atoms with Crippen molar-refractivity contribution in [1.29, 1.82) is 0 Å². The van der Waals surface area contributed by atoms with E-state index < -0.39 is 21.3 Å². The first-order chi connectivity index (χ1) is 10.8. The minimum atomic E-state index is -1.94. The van der Waals surface area contributed by atoms with Crippen LogP contribution in [0.3, 0.4) is 0 Å². The molecule has 3 fully saturated rings. The minimum Gasteiger partial charge on any atom is -0.370 e. The molecule has 10 heteroatoms. The van der Waals surface area contributed by atoms with Crippen LogP contribution >= 0.6 is 34.8 Å². The van der Waals surface area contributed by atoms with Crippen LogP contribution in [0.2, 0.25) is 0 Å². The van der Waals surface area contributed by atoms with Gasteiger partial charge in [0.15, 0.2) is 11.6 Å². The van der Waals surface area contributed by atoms with Gasteiger partial charge in [0.05, 0.1) is 13.2 Å². The summed E-state index contributed by atoms with van der Waals surface area (Å²) in [6, 6.07) is 0. The summed E-state index contributed by atoms with van der Waals surface area (Å²) in [5.41, 5.74) is 4.53. The zero-order chi connectivity index (χ0) is 18.3. The molecule has 0 saturated carbocycles. The third-order valence-electron chi connectivity index (χ3n) is 3.67. The van der Waals surface area contributed by atoms with Gasteiger partial charge in [0.25, 0.3) is 9.70 Å². The van der Waals surface area contributed by atoms with E-state index in [4.69, 9.17) is 58.5 Å². The van der Waals surface area contributed by atoms with Crippen LogP contribution in [0.25, 0.3) is 0 Å². The molecule has 3 rings (SSSR count). The Hall–Kier alpha value is 0.140. The van der Waals surface area contributed by atoms with E-state index in [0.29, 0.717) is 13.2 Å². The maximum atomic E-state index is 9.85. The summed E-state index contributed by atoms with van der Waals surface area (Å²) in [5, 5.41) is 0. The number of hydrogen-bond acceptors (Lipinski definition) is 6. The van der Waals surface area contributed by atoms with Crippen LogP contribution in [0.5, 0.6) is 0 Å². The summed E-state index contributed by atoms with van der Waals surface area (Å²) >= 11 is 14.8. The van der Waals surface area contributed by atoms with Crippen LogP contribution in [0, 0.1) is 0 Å². The molecule has 0 aromatic rings. The van der Waals surface area contributed by atoms with Crippen LogP contribution in [0.4, 0.5) is 0 Å². The van der Waals surface area contributed by atoms with Crippen molar-refractivity contribution in [3.63, 3.8) is 0 Å². The van der Waals surface area contributed by atoms with Gasteiger partial charge in [-0.2, -0.15) is 0 Å². The third-order valence-corrected chi connectivity index (χ3v) is 4.23. The molecule has 140 valence electrons. The van der Waals surface area contributed by atoms with Gasteiger partial charge in [0.1, 0.15) is 24.4 Å². The van der Waals surface area contributed by atoms with Gasteiger partial charge in [-0.1, -0.05) is 34.8 Å². The normalized spacial score (nSPS) is 36.8. The van der Waals surface area contributed by atoms with E-state index >= 15 is 0 Å². The molecule has 1 amide bonds. The molecule has 3 aliphatic rings. The predicted octanol–water partition coefficient (Wildman–Crippen LogP) is 1.90. The first-order valence-electron chi connectivity index (χ1n) is 7.46. The Kier molecular flexibility index (Phi) is 6.00. The van der Waals surface area contributed by atoms with E-state index in [1.807, 2.05) is 27.7 Å². The molecule has 3 heterocycles. The number of alkyl halides is 3. The Bertz CT molecular complexity index is 482. The van der Waals surface area contributed by atoms with Gasteiger partial charge in [-0.25, -0.2) is 0 Å². The first kappa shape index (κ1) is 20.5. The van der Waals surface area contributed by atoms with Crippen LogP contribution < -0.4 is 5.73 Å². The fourth-order valence-electron chi connectivity index (χ4n) is 2.77. The number of carbonyl (C=O) groups excluding carboxylic acids is 1. The summed E-state index contributed by atoms with van der Waals surface area (Å²) in [4.78, 5) is 9.85. The second kappa shape index (κ2) is 7.04. The quantitative estimate of drug-likeness (QED) is 0.669. The van der Waals surface area contributed by atoms with Crippen molar-refractivity contribution in [1.82, 2.24) is 0 Å². The molecule has 24 heavy (non-hydrogen) atoms. The van der Waals surface area contributed by atoms with Gasteiger partial charge < -0.3 is 29.4 Å². The maximum Gasteiger partial charge on any atom is 0.269 e. The summed E-state index contributed by atoms with van der Waals surface area (Å²) in [6.45, 7) is 8.80. The van der Waals surface area contributed by atoms with E-state index in [-0.39, 0.29) is 24.4 Å². The molecule has 4 unspecified atom stereocenters. The molecule has 0 aromatic carbocycles. The van der Waals surface area contributed by atoms with Crippen molar-refractivity contribution in [3.05, 3.63) is 0 Å². The fraction of sp³-hybridized carbons (Fsp3) is 0.929. The number of amides is 1. The fourth-order valence-corrected chi connectivity index (χ4v) is 2.77. The van der Waals surface area contributed by atoms with Crippen LogP contribution in [-0.2, 0) is 28.5 Å². The Morgan fingerprint density at radius 3 is 1.92 bits per heavy atom. The van der Waals surface area contributed by atoms with Gasteiger partial charge in [0, 0.05) is 0 Å². The molecule has 3 aliphatic heterocycles. The van der Waals surface area contributed by atoms with Crippen molar-refractivity contribution >= 4 is 40.7 Å². The molecule has 0 aromatic heterocycles. The van der Waals surface area contributed by atoms with Gasteiger partial charge in [-0.15, -0.1) is 0 Å². The van der Waals surface area contributed by atoms with E-state index in [9.17, 15) is 4.79 Å². The minimum absolute atomic E-state index is 0.0160. The lowest BCUT2D eigenvalue weighted by Crippen LogP contribution is -2.40. The summed E-state index contributed by atoms with van der Waals surface area (Å²) in [7, 11) is 0. The van der Waals surface area contributed by atoms with E-state index in [1.54, 1.807) is 0 Å².